The predicted molar refractivity (Wildman–Crippen MR) is 112 cm³/mol. The van der Waals surface area contributed by atoms with Crippen molar-refractivity contribution in [2.45, 2.75) is 31.2 Å². The van der Waals surface area contributed by atoms with Crippen LogP contribution in [0.4, 0.5) is 0 Å². The molecular weight excluding hydrogens is 362 g/mol. The Bertz CT molecular complexity index is 1040. The van der Waals surface area contributed by atoms with Gasteiger partial charge in [-0.2, -0.15) is 0 Å². The van der Waals surface area contributed by atoms with Crippen LogP contribution in [0.3, 0.4) is 0 Å². The van der Waals surface area contributed by atoms with Gasteiger partial charge in [0.05, 0.1) is 5.92 Å². The number of hydrogen-bond acceptors (Lipinski definition) is 2. The summed E-state index contributed by atoms with van der Waals surface area (Å²) in [6.45, 7) is 1.08. The lowest BCUT2D eigenvalue weighted by molar-refractivity contribution is -0.129. The van der Waals surface area contributed by atoms with Crippen molar-refractivity contribution in [3.63, 3.8) is 0 Å². The van der Waals surface area contributed by atoms with Crippen molar-refractivity contribution in [1.29, 1.82) is 0 Å². The number of benzene rings is 2. The van der Waals surface area contributed by atoms with Crippen molar-refractivity contribution < 1.29 is 9.59 Å². The number of hydrogen-bond donors (Lipinski definition) is 2. The molecule has 3 aromatic rings. The topological polar surface area (TPSA) is 65.2 Å². The van der Waals surface area contributed by atoms with E-state index in [-0.39, 0.29) is 23.7 Å². The third-order valence-electron chi connectivity index (χ3n) is 6.20. The van der Waals surface area contributed by atoms with E-state index in [0.717, 1.165) is 18.4 Å². The number of nitrogens with zero attached hydrogens (tertiary/aromatic N) is 1. The van der Waals surface area contributed by atoms with Crippen LogP contribution in [0.15, 0.2) is 60.8 Å². The molecule has 2 heterocycles. The van der Waals surface area contributed by atoms with Gasteiger partial charge in [0.25, 0.3) is 0 Å². The number of carbonyl (C=O) groups is 2. The maximum absolute atomic E-state index is 12.9. The monoisotopic (exact) mass is 387 g/mol. The summed E-state index contributed by atoms with van der Waals surface area (Å²) in [7, 11) is 0. The van der Waals surface area contributed by atoms with Gasteiger partial charge in [0.15, 0.2) is 0 Å². The van der Waals surface area contributed by atoms with Crippen molar-refractivity contribution in [2.24, 2.45) is 5.92 Å². The largest absolute Gasteiger partial charge is 0.361 e. The number of rotatable bonds is 6. The molecule has 0 unspecified atom stereocenters. The lowest BCUT2D eigenvalue weighted by atomic mass is 9.90. The molecule has 0 radical (unpaired) electrons. The summed E-state index contributed by atoms with van der Waals surface area (Å²) >= 11 is 0. The summed E-state index contributed by atoms with van der Waals surface area (Å²) in [4.78, 5) is 30.3. The summed E-state index contributed by atoms with van der Waals surface area (Å²) in [6.07, 6.45) is 4.54. The number of likely N-dealkylation sites (tertiary alicyclic amines) is 1. The molecule has 2 N–H and O–H groups in total. The van der Waals surface area contributed by atoms with E-state index >= 15 is 0 Å². The Morgan fingerprint density at radius 3 is 2.66 bits per heavy atom. The van der Waals surface area contributed by atoms with Gasteiger partial charge in [0.2, 0.25) is 11.8 Å². The lowest BCUT2D eigenvalue weighted by Gasteiger charge is -2.20. The molecule has 5 rings (SSSR count). The van der Waals surface area contributed by atoms with Crippen LogP contribution in [0.25, 0.3) is 10.9 Å². The van der Waals surface area contributed by atoms with Crippen molar-refractivity contribution in [2.75, 3.05) is 13.1 Å². The molecule has 2 aliphatic rings. The Kier molecular flexibility index (Phi) is 4.58. The zero-order valence-corrected chi connectivity index (χ0v) is 16.3. The zero-order valence-electron chi connectivity index (χ0n) is 16.3. The first-order valence-corrected chi connectivity index (χ1v) is 10.4. The zero-order chi connectivity index (χ0) is 19.8. The molecule has 1 aliphatic carbocycles. The SMILES string of the molecule is O=C(NC[C@@H](c1ccccc1)c1c[nH]c2ccccc12)[C@H]1CC(=O)N(C2CC2)C1. The van der Waals surface area contributed by atoms with E-state index in [0.29, 0.717) is 25.6 Å². The smallest absolute Gasteiger partial charge is 0.225 e. The lowest BCUT2D eigenvalue weighted by Crippen LogP contribution is -2.36. The van der Waals surface area contributed by atoms with Gasteiger partial charge in [-0.1, -0.05) is 48.5 Å². The van der Waals surface area contributed by atoms with Crippen molar-refractivity contribution >= 4 is 22.7 Å². The van der Waals surface area contributed by atoms with Gasteiger partial charge in [0.1, 0.15) is 0 Å². The standard InChI is InChI=1S/C24H25N3O2/c28-23-12-17(15-27(23)18-10-11-18)24(29)26-13-20(16-6-2-1-3-7-16)21-14-25-22-9-5-4-8-19(21)22/h1-9,14,17-18,20,25H,10-13,15H2,(H,26,29)/t17-,20-/m0/s1. The second kappa shape index (κ2) is 7.39. The fraction of sp³-hybridized carbons (Fsp3) is 0.333. The van der Waals surface area contributed by atoms with E-state index in [9.17, 15) is 9.59 Å². The van der Waals surface area contributed by atoms with Crippen molar-refractivity contribution in [1.82, 2.24) is 15.2 Å². The van der Waals surface area contributed by atoms with Crippen LogP contribution < -0.4 is 5.32 Å². The van der Waals surface area contributed by atoms with Crippen LogP contribution in [0.5, 0.6) is 0 Å². The molecule has 2 aromatic carbocycles. The maximum Gasteiger partial charge on any atom is 0.225 e. The van der Waals surface area contributed by atoms with Gasteiger partial charge in [-0.3, -0.25) is 9.59 Å². The fourth-order valence-electron chi connectivity index (χ4n) is 4.47. The quantitative estimate of drug-likeness (QED) is 0.681. The summed E-state index contributed by atoms with van der Waals surface area (Å²) in [6, 6.07) is 18.9. The van der Waals surface area contributed by atoms with Gasteiger partial charge < -0.3 is 15.2 Å². The summed E-state index contributed by atoms with van der Waals surface area (Å²) < 4.78 is 0. The molecule has 0 spiro atoms. The van der Waals surface area contributed by atoms with Gasteiger partial charge in [-0.15, -0.1) is 0 Å². The molecule has 1 saturated heterocycles. The molecule has 2 fully saturated rings. The van der Waals surface area contributed by atoms with Gasteiger partial charge in [-0.05, 0) is 30.0 Å². The minimum atomic E-state index is -0.234. The molecule has 2 amide bonds. The van der Waals surface area contributed by atoms with Crippen LogP contribution >= 0.6 is 0 Å². The Morgan fingerprint density at radius 2 is 1.86 bits per heavy atom. The second-order valence-corrected chi connectivity index (χ2v) is 8.18. The van der Waals surface area contributed by atoms with Crippen LogP contribution in [-0.2, 0) is 9.59 Å². The number of aromatic nitrogens is 1. The van der Waals surface area contributed by atoms with Gasteiger partial charge in [-0.25, -0.2) is 0 Å². The summed E-state index contributed by atoms with van der Waals surface area (Å²) in [5.41, 5.74) is 3.44. The Balaban J connectivity index is 1.35. The highest BCUT2D eigenvalue weighted by Crippen LogP contribution is 2.33. The average molecular weight is 387 g/mol. The van der Waals surface area contributed by atoms with E-state index in [1.54, 1.807) is 0 Å². The maximum atomic E-state index is 12.9. The number of carbonyl (C=O) groups excluding carboxylic acids is 2. The van der Waals surface area contributed by atoms with Crippen LogP contribution in [0.1, 0.15) is 36.3 Å². The highest BCUT2D eigenvalue weighted by atomic mass is 16.2. The van der Waals surface area contributed by atoms with Crippen LogP contribution in [-0.4, -0.2) is 40.8 Å². The van der Waals surface area contributed by atoms with Crippen LogP contribution in [0, 0.1) is 5.92 Å². The average Bonchev–Trinajstić information content (AvgIpc) is 3.39. The molecule has 2 atom stereocenters. The Hall–Kier alpha value is -3.08. The summed E-state index contributed by atoms with van der Waals surface area (Å²) in [5.74, 6) is -0.0680. The number of H-pyrrole nitrogens is 1. The highest BCUT2D eigenvalue weighted by molar-refractivity contribution is 5.90. The minimum Gasteiger partial charge on any atom is -0.361 e. The van der Waals surface area contributed by atoms with Gasteiger partial charge in [0, 0.05) is 48.6 Å². The van der Waals surface area contributed by atoms with Crippen molar-refractivity contribution in [3.8, 4) is 0 Å². The normalized spacial score (nSPS) is 20.2. The van der Waals surface area contributed by atoms with Gasteiger partial charge >= 0.3 is 0 Å². The fourth-order valence-corrected chi connectivity index (χ4v) is 4.47. The minimum absolute atomic E-state index is 0.0118. The molecule has 0 bridgehead atoms. The molecule has 1 aliphatic heterocycles. The van der Waals surface area contributed by atoms with E-state index < -0.39 is 0 Å². The molecule has 5 heteroatoms. The first kappa shape index (κ1) is 18.0. The molecule has 29 heavy (non-hydrogen) atoms. The van der Waals surface area contributed by atoms with Crippen molar-refractivity contribution in [3.05, 3.63) is 71.9 Å². The number of nitrogens with one attached hydrogen (secondary N) is 2. The first-order chi connectivity index (χ1) is 14.2. The predicted octanol–water partition coefficient (Wildman–Crippen LogP) is 3.43. The molecule has 1 saturated carbocycles. The number of para-hydroxylation sites is 1. The number of fused-ring (bicyclic) bond motifs is 1. The third kappa shape index (κ3) is 3.53. The molecular formula is C24H25N3O2. The van der Waals surface area contributed by atoms with E-state index in [2.05, 4.69) is 34.6 Å². The molecule has 1 aromatic heterocycles. The first-order valence-electron chi connectivity index (χ1n) is 10.4. The highest BCUT2D eigenvalue weighted by Gasteiger charge is 2.41. The van der Waals surface area contributed by atoms with E-state index in [4.69, 9.17) is 0 Å². The Labute approximate surface area is 170 Å². The van der Waals surface area contributed by atoms with Crippen LogP contribution in [0.2, 0.25) is 0 Å². The Morgan fingerprint density at radius 1 is 1.10 bits per heavy atom. The number of amides is 2. The summed E-state index contributed by atoms with van der Waals surface area (Å²) in [5, 5.41) is 4.32. The van der Waals surface area contributed by atoms with E-state index in [1.165, 1.54) is 16.5 Å². The third-order valence-corrected chi connectivity index (χ3v) is 6.20. The molecule has 5 nitrogen and oxygen atoms in total. The number of aromatic amines is 1. The van der Waals surface area contributed by atoms with E-state index in [1.807, 2.05) is 41.4 Å². The molecule has 148 valence electrons. The second-order valence-electron chi connectivity index (χ2n) is 8.18.